The number of methoxy groups -OCH3 is 1. The number of hydrogen-bond donors (Lipinski definition) is 1. The predicted molar refractivity (Wildman–Crippen MR) is 79.7 cm³/mol. The topological polar surface area (TPSA) is 21.3 Å². The van der Waals surface area contributed by atoms with Gasteiger partial charge in [0.05, 0.1) is 13.2 Å². The van der Waals surface area contributed by atoms with Crippen molar-refractivity contribution in [3.05, 3.63) is 65.0 Å². The van der Waals surface area contributed by atoms with Crippen molar-refractivity contribution in [2.45, 2.75) is 19.9 Å². The summed E-state index contributed by atoms with van der Waals surface area (Å²) in [5.41, 5.74) is 2.70. The maximum absolute atomic E-state index is 14.1. The monoisotopic (exact) mass is 273 g/mol. The van der Waals surface area contributed by atoms with Gasteiger partial charge in [0, 0.05) is 11.1 Å². The van der Waals surface area contributed by atoms with Crippen LogP contribution in [0.5, 0.6) is 5.75 Å². The molecule has 0 radical (unpaired) electrons. The van der Waals surface area contributed by atoms with Gasteiger partial charge < -0.3 is 10.1 Å². The van der Waals surface area contributed by atoms with E-state index in [-0.39, 0.29) is 11.9 Å². The molecule has 2 aromatic rings. The van der Waals surface area contributed by atoms with Gasteiger partial charge in [0.1, 0.15) is 11.6 Å². The molecule has 1 unspecified atom stereocenters. The fourth-order valence-corrected chi connectivity index (χ4v) is 2.36. The lowest BCUT2D eigenvalue weighted by atomic mass is 9.96. The third-order valence-corrected chi connectivity index (χ3v) is 3.32. The molecule has 1 atom stereocenters. The van der Waals surface area contributed by atoms with Gasteiger partial charge in [-0.3, -0.25) is 0 Å². The van der Waals surface area contributed by atoms with E-state index < -0.39 is 0 Å². The molecule has 3 heteroatoms. The molecule has 0 spiro atoms. The molecule has 20 heavy (non-hydrogen) atoms. The van der Waals surface area contributed by atoms with Crippen molar-refractivity contribution in [2.24, 2.45) is 0 Å². The van der Waals surface area contributed by atoms with E-state index >= 15 is 0 Å². The second-order valence-corrected chi connectivity index (χ2v) is 4.76. The third-order valence-electron chi connectivity index (χ3n) is 3.32. The van der Waals surface area contributed by atoms with Crippen molar-refractivity contribution in [1.29, 1.82) is 0 Å². The van der Waals surface area contributed by atoms with Crippen LogP contribution in [0.4, 0.5) is 4.39 Å². The van der Waals surface area contributed by atoms with Crippen LogP contribution in [0.15, 0.2) is 42.5 Å². The lowest BCUT2D eigenvalue weighted by Crippen LogP contribution is -2.23. The van der Waals surface area contributed by atoms with Gasteiger partial charge in [-0.2, -0.15) is 0 Å². The molecule has 0 amide bonds. The maximum Gasteiger partial charge on any atom is 0.128 e. The lowest BCUT2D eigenvalue weighted by Gasteiger charge is -2.22. The first kappa shape index (κ1) is 14.5. The average molecular weight is 273 g/mol. The summed E-state index contributed by atoms with van der Waals surface area (Å²) in [6.45, 7) is 4.77. The van der Waals surface area contributed by atoms with Gasteiger partial charge in [-0.1, -0.05) is 37.3 Å². The van der Waals surface area contributed by atoms with Crippen LogP contribution in [0.3, 0.4) is 0 Å². The highest BCUT2D eigenvalue weighted by molar-refractivity contribution is 5.44. The summed E-state index contributed by atoms with van der Waals surface area (Å²) in [7, 11) is 1.64. The molecule has 0 aliphatic rings. The molecule has 1 N–H and O–H groups in total. The van der Waals surface area contributed by atoms with Crippen LogP contribution < -0.4 is 10.1 Å². The average Bonchev–Trinajstić information content (AvgIpc) is 2.46. The van der Waals surface area contributed by atoms with E-state index in [1.54, 1.807) is 13.2 Å². The van der Waals surface area contributed by atoms with Gasteiger partial charge >= 0.3 is 0 Å². The lowest BCUT2D eigenvalue weighted by molar-refractivity contribution is 0.403. The van der Waals surface area contributed by atoms with E-state index in [4.69, 9.17) is 4.74 Å². The molecule has 0 aromatic heterocycles. The van der Waals surface area contributed by atoms with E-state index in [2.05, 4.69) is 5.32 Å². The fraction of sp³-hybridized carbons (Fsp3) is 0.294. The summed E-state index contributed by atoms with van der Waals surface area (Å²) >= 11 is 0. The zero-order valence-electron chi connectivity index (χ0n) is 12.1. The van der Waals surface area contributed by atoms with Crippen molar-refractivity contribution >= 4 is 0 Å². The van der Waals surface area contributed by atoms with Gasteiger partial charge in [-0.05, 0) is 31.2 Å². The molecule has 106 valence electrons. The highest BCUT2D eigenvalue weighted by atomic mass is 19.1. The molecule has 0 saturated heterocycles. The molecule has 0 bridgehead atoms. The number of benzene rings is 2. The van der Waals surface area contributed by atoms with Gasteiger partial charge in [0.15, 0.2) is 0 Å². The van der Waals surface area contributed by atoms with Gasteiger partial charge in [-0.25, -0.2) is 4.39 Å². The minimum atomic E-state index is -0.211. The molecule has 0 aliphatic heterocycles. The summed E-state index contributed by atoms with van der Waals surface area (Å²) in [6, 6.07) is 12.6. The predicted octanol–water partition coefficient (Wildman–Crippen LogP) is 3.84. The maximum atomic E-state index is 14.1. The van der Waals surface area contributed by atoms with Crippen LogP contribution in [0.2, 0.25) is 0 Å². The Bertz CT molecular complexity index is 583. The number of hydrogen-bond acceptors (Lipinski definition) is 2. The molecular weight excluding hydrogens is 253 g/mol. The van der Waals surface area contributed by atoms with Crippen molar-refractivity contribution in [3.63, 3.8) is 0 Å². The molecule has 2 aromatic carbocycles. The number of nitrogens with one attached hydrogen (secondary N) is 1. The Kier molecular flexibility index (Phi) is 4.74. The number of aryl methyl sites for hydroxylation is 1. The van der Waals surface area contributed by atoms with Gasteiger partial charge in [0.25, 0.3) is 0 Å². The summed E-state index contributed by atoms with van der Waals surface area (Å²) in [6.07, 6.45) is 0. The zero-order chi connectivity index (χ0) is 14.5. The fourth-order valence-electron chi connectivity index (χ4n) is 2.36. The molecule has 2 rings (SSSR count). The summed E-state index contributed by atoms with van der Waals surface area (Å²) < 4.78 is 19.5. The Labute approximate surface area is 119 Å². The second-order valence-electron chi connectivity index (χ2n) is 4.76. The van der Waals surface area contributed by atoms with Crippen molar-refractivity contribution in [1.82, 2.24) is 5.32 Å². The number of ether oxygens (including phenoxy) is 1. The van der Waals surface area contributed by atoms with Crippen LogP contribution in [-0.2, 0) is 0 Å². The Morgan fingerprint density at radius 1 is 1.15 bits per heavy atom. The first-order chi connectivity index (χ1) is 9.67. The highest BCUT2D eigenvalue weighted by Crippen LogP contribution is 2.31. The minimum Gasteiger partial charge on any atom is -0.496 e. The zero-order valence-corrected chi connectivity index (χ0v) is 12.1. The SMILES string of the molecule is CCNC(c1ccccc1F)c1ccc(C)cc1OC. The van der Waals surface area contributed by atoms with E-state index in [9.17, 15) is 4.39 Å². The molecule has 2 nitrogen and oxygen atoms in total. The first-order valence-electron chi connectivity index (χ1n) is 6.79. The standard InChI is InChI=1S/C17H20FNO/c1-4-19-17(13-7-5-6-8-15(13)18)14-10-9-12(2)11-16(14)20-3/h5-11,17,19H,4H2,1-3H3. The van der Waals surface area contributed by atoms with Crippen LogP contribution in [-0.4, -0.2) is 13.7 Å². The first-order valence-corrected chi connectivity index (χ1v) is 6.79. The Morgan fingerprint density at radius 3 is 2.55 bits per heavy atom. The van der Waals surface area contributed by atoms with Crippen LogP contribution >= 0.6 is 0 Å². The highest BCUT2D eigenvalue weighted by Gasteiger charge is 2.20. The van der Waals surface area contributed by atoms with E-state index in [1.807, 2.05) is 44.2 Å². The molecule has 0 heterocycles. The summed E-state index contributed by atoms with van der Waals surface area (Å²) in [5, 5.41) is 3.33. The van der Waals surface area contributed by atoms with E-state index in [0.717, 1.165) is 23.4 Å². The number of rotatable bonds is 5. The van der Waals surface area contributed by atoms with Gasteiger partial charge in [0.2, 0.25) is 0 Å². The van der Waals surface area contributed by atoms with Crippen molar-refractivity contribution in [3.8, 4) is 5.75 Å². The van der Waals surface area contributed by atoms with E-state index in [0.29, 0.717) is 5.56 Å². The third kappa shape index (κ3) is 2.99. The van der Waals surface area contributed by atoms with Gasteiger partial charge in [-0.15, -0.1) is 0 Å². The van der Waals surface area contributed by atoms with Crippen LogP contribution in [0, 0.1) is 12.7 Å². The van der Waals surface area contributed by atoms with Crippen molar-refractivity contribution in [2.75, 3.05) is 13.7 Å². The summed E-state index contributed by atoms with van der Waals surface area (Å²) in [4.78, 5) is 0. The Morgan fingerprint density at radius 2 is 1.90 bits per heavy atom. The second kappa shape index (κ2) is 6.53. The van der Waals surface area contributed by atoms with Crippen molar-refractivity contribution < 1.29 is 9.13 Å². The van der Waals surface area contributed by atoms with Crippen LogP contribution in [0.1, 0.15) is 29.7 Å². The van der Waals surface area contributed by atoms with E-state index in [1.165, 1.54) is 6.07 Å². The normalized spacial score (nSPS) is 12.2. The smallest absolute Gasteiger partial charge is 0.128 e. The molecular formula is C17H20FNO. The molecule has 0 fully saturated rings. The summed E-state index contributed by atoms with van der Waals surface area (Å²) in [5.74, 6) is 0.570. The Balaban J connectivity index is 2.51. The largest absolute Gasteiger partial charge is 0.496 e. The number of halogens is 1. The Hall–Kier alpha value is -1.87. The minimum absolute atomic E-state index is 0.207. The molecule has 0 aliphatic carbocycles. The molecule has 0 saturated carbocycles. The quantitative estimate of drug-likeness (QED) is 0.893. The van der Waals surface area contributed by atoms with Crippen LogP contribution in [0.25, 0.3) is 0 Å².